The van der Waals surface area contributed by atoms with Gasteiger partial charge in [-0.05, 0) is 31.5 Å². The predicted octanol–water partition coefficient (Wildman–Crippen LogP) is 2.02. The number of aromatic nitrogens is 2. The van der Waals surface area contributed by atoms with E-state index in [9.17, 15) is 18.0 Å². The highest BCUT2D eigenvalue weighted by Gasteiger charge is 2.31. The second-order valence-corrected chi connectivity index (χ2v) is 5.70. The van der Waals surface area contributed by atoms with E-state index in [1.807, 2.05) is 0 Å². The Morgan fingerprint density at radius 3 is 2.58 bits per heavy atom. The molecule has 0 bridgehead atoms. The Morgan fingerprint density at radius 1 is 1.23 bits per heavy atom. The van der Waals surface area contributed by atoms with E-state index >= 15 is 0 Å². The topological polar surface area (TPSA) is 78.6 Å². The summed E-state index contributed by atoms with van der Waals surface area (Å²) < 4.78 is 39.9. The normalized spacial score (nSPS) is 11.6. The Labute approximate surface area is 148 Å². The molecule has 0 saturated heterocycles. The summed E-state index contributed by atoms with van der Waals surface area (Å²) in [6, 6.07) is 4.68. The Morgan fingerprint density at radius 2 is 1.96 bits per heavy atom. The van der Waals surface area contributed by atoms with Gasteiger partial charge in [-0.2, -0.15) is 18.3 Å². The molecule has 0 unspecified atom stereocenters. The summed E-state index contributed by atoms with van der Waals surface area (Å²) in [6.45, 7) is 1.59. The van der Waals surface area contributed by atoms with Crippen molar-refractivity contribution in [3.05, 3.63) is 47.3 Å². The SMILES string of the molecule is Cc1c(C(=O)N(CCO)CCCO)cnn1-c1cccc(C(F)(F)F)c1. The van der Waals surface area contributed by atoms with E-state index in [4.69, 9.17) is 10.2 Å². The van der Waals surface area contributed by atoms with Gasteiger partial charge in [-0.25, -0.2) is 4.68 Å². The first-order chi connectivity index (χ1) is 12.3. The lowest BCUT2D eigenvalue weighted by Gasteiger charge is -2.21. The maximum Gasteiger partial charge on any atom is 0.416 e. The third-order valence-corrected chi connectivity index (χ3v) is 3.90. The van der Waals surface area contributed by atoms with Gasteiger partial charge in [0.05, 0.1) is 35.3 Å². The van der Waals surface area contributed by atoms with E-state index in [0.717, 1.165) is 12.1 Å². The van der Waals surface area contributed by atoms with E-state index in [2.05, 4.69) is 5.10 Å². The van der Waals surface area contributed by atoms with Gasteiger partial charge in [0.25, 0.3) is 5.91 Å². The molecule has 0 radical (unpaired) electrons. The smallest absolute Gasteiger partial charge is 0.396 e. The van der Waals surface area contributed by atoms with Crippen molar-refractivity contribution in [1.29, 1.82) is 0 Å². The lowest BCUT2D eigenvalue weighted by Crippen LogP contribution is -2.35. The van der Waals surface area contributed by atoms with Crippen LogP contribution < -0.4 is 0 Å². The van der Waals surface area contributed by atoms with Gasteiger partial charge in [0.1, 0.15) is 0 Å². The summed E-state index contributed by atoms with van der Waals surface area (Å²) in [5, 5.41) is 22.1. The third kappa shape index (κ3) is 4.41. The summed E-state index contributed by atoms with van der Waals surface area (Å²) >= 11 is 0. The second-order valence-electron chi connectivity index (χ2n) is 5.70. The molecule has 2 rings (SSSR count). The van der Waals surface area contributed by atoms with E-state index in [-0.39, 0.29) is 37.6 Å². The average Bonchev–Trinajstić information content (AvgIpc) is 2.99. The molecular weight excluding hydrogens is 351 g/mol. The Kier molecular flexibility index (Phi) is 6.38. The Hall–Kier alpha value is -2.39. The largest absolute Gasteiger partial charge is 0.416 e. The molecule has 1 aromatic carbocycles. The molecule has 26 heavy (non-hydrogen) atoms. The number of aliphatic hydroxyl groups is 2. The van der Waals surface area contributed by atoms with Crippen molar-refractivity contribution < 1.29 is 28.2 Å². The summed E-state index contributed by atoms with van der Waals surface area (Å²) in [7, 11) is 0. The van der Waals surface area contributed by atoms with Crippen LogP contribution in [0.1, 0.15) is 28.0 Å². The fraction of sp³-hybridized carbons (Fsp3) is 0.412. The molecule has 142 valence electrons. The fourth-order valence-electron chi connectivity index (χ4n) is 2.56. The van der Waals surface area contributed by atoms with Crippen molar-refractivity contribution in [2.24, 2.45) is 0 Å². The molecule has 0 saturated carbocycles. The average molecular weight is 371 g/mol. The number of hydrogen-bond donors (Lipinski definition) is 2. The zero-order valence-electron chi connectivity index (χ0n) is 14.2. The van der Waals surface area contributed by atoms with Crippen molar-refractivity contribution in [3.8, 4) is 5.69 Å². The molecular formula is C17H20F3N3O3. The molecule has 2 N–H and O–H groups in total. The number of carbonyl (C=O) groups excluding carboxylic acids is 1. The van der Waals surface area contributed by atoms with Crippen LogP contribution in [0.15, 0.2) is 30.5 Å². The molecule has 0 aliphatic rings. The van der Waals surface area contributed by atoms with Crippen LogP contribution in [-0.4, -0.2) is 57.1 Å². The van der Waals surface area contributed by atoms with Crippen LogP contribution in [0.25, 0.3) is 5.69 Å². The van der Waals surface area contributed by atoms with Crippen molar-refractivity contribution in [1.82, 2.24) is 14.7 Å². The van der Waals surface area contributed by atoms with Crippen LogP contribution in [-0.2, 0) is 6.18 Å². The number of hydrogen-bond acceptors (Lipinski definition) is 4. The van der Waals surface area contributed by atoms with Gasteiger partial charge in [-0.15, -0.1) is 0 Å². The highest BCUT2D eigenvalue weighted by molar-refractivity contribution is 5.95. The first kappa shape index (κ1) is 19.9. The molecule has 1 aromatic heterocycles. The van der Waals surface area contributed by atoms with Gasteiger partial charge in [0.15, 0.2) is 0 Å². The molecule has 1 heterocycles. The molecule has 0 atom stereocenters. The number of alkyl halides is 3. The van der Waals surface area contributed by atoms with Crippen LogP contribution in [0.3, 0.4) is 0 Å². The monoisotopic (exact) mass is 371 g/mol. The minimum absolute atomic E-state index is 0.0903. The van der Waals surface area contributed by atoms with E-state index in [1.165, 1.54) is 27.9 Å². The maximum atomic E-state index is 12.9. The van der Waals surface area contributed by atoms with Gasteiger partial charge < -0.3 is 15.1 Å². The number of rotatable bonds is 7. The molecule has 1 amide bonds. The van der Waals surface area contributed by atoms with E-state index in [1.54, 1.807) is 6.92 Å². The van der Waals surface area contributed by atoms with Crippen LogP contribution in [0.5, 0.6) is 0 Å². The molecule has 0 aliphatic carbocycles. The lowest BCUT2D eigenvalue weighted by molar-refractivity contribution is -0.137. The van der Waals surface area contributed by atoms with Crippen molar-refractivity contribution in [2.75, 3.05) is 26.3 Å². The molecule has 0 spiro atoms. The van der Waals surface area contributed by atoms with Crippen LogP contribution in [0.4, 0.5) is 13.2 Å². The summed E-state index contributed by atoms with van der Waals surface area (Å²) in [4.78, 5) is 14.0. The van der Waals surface area contributed by atoms with E-state index in [0.29, 0.717) is 12.1 Å². The van der Waals surface area contributed by atoms with Crippen molar-refractivity contribution in [2.45, 2.75) is 19.5 Å². The zero-order valence-corrected chi connectivity index (χ0v) is 14.2. The summed E-state index contributed by atoms with van der Waals surface area (Å²) in [5.74, 6) is -0.400. The number of aliphatic hydroxyl groups excluding tert-OH is 2. The van der Waals surface area contributed by atoms with Gasteiger partial charge in [0, 0.05) is 19.7 Å². The first-order valence-corrected chi connectivity index (χ1v) is 8.03. The standard InChI is InChI=1S/C17H20F3N3O3/c1-12-15(16(26)22(7-9-25)6-3-8-24)11-21-23(12)14-5-2-4-13(10-14)17(18,19)20/h2,4-5,10-11,24-25H,3,6-9H2,1H3. The van der Waals surface area contributed by atoms with Gasteiger partial charge in [-0.1, -0.05) is 6.07 Å². The van der Waals surface area contributed by atoms with Crippen molar-refractivity contribution >= 4 is 5.91 Å². The maximum absolute atomic E-state index is 12.9. The molecule has 2 aromatic rings. The van der Waals surface area contributed by atoms with Crippen LogP contribution in [0.2, 0.25) is 0 Å². The number of benzene rings is 1. The van der Waals surface area contributed by atoms with Gasteiger partial charge in [-0.3, -0.25) is 4.79 Å². The summed E-state index contributed by atoms with van der Waals surface area (Å²) in [6.07, 6.45) is -2.83. The number of amides is 1. The second kappa shape index (κ2) is 8.33. The van der Waals surface area contributed by atoms with Crippen LogP contribution >= 0.6 is 0 Å². The number of halogens is 3. The Bertz CT molecular complexity index is 759. The van der Waals surface area contributed by atoms with Gasteiger partial charge >= 0.3 is 6.18 Å². The van der Waals surface area contributed by atoms with Gasteiger partial charge in [0.2, 0.25) is 0 Å². The zero-order chi connectivity index (χ0) is 19.3. The predicted molar refractivity (Wildman–Crippen MR) is 88.0 cm³/mol. The number of carbonyl (C=O) groups is 1. The summed E-state index contributed by atoms with van der Waals surface area (Å²) in [5.41, 5.74) is 0.0122. The molecule has 6 nitrogen and oxygen atoms in total. The van der Waals surface area contributed by atoms with E-state index < -0.39 is 17.6 Å². The first-order valence-electron chi connectivity index (χ1n) is 8.03. The number of nitrogens with zero attached hydrogens (tertiary/aromatic N) is 3. The van der Waals surface area contributed by atoms with Crippen molar-refractivity contribution in [3.63, 3.8) is 0 Å². The molecule has 0 fully saturated rings. The Balaban J connectivity index is 2.33. The van der Waals surface area contributed by atoms with Crippen LogP contribution in [0, 0.1) is 6.92 Å². The lowest BCUT2D eigenvalue weighted by atomic mass is 10.2. The minimum Gasteiger partial charge on any atom is -0.396 e. The fourth-order valence-corrected chi connectivity index (χ4v) is 2.56. The highest BCUT2D eigenvalue weighted by Crippen LogP contribution is 2.30. The highest BCUT2D eigenvalue weighted by atomic mass is 19.4. The molecule has 0 aliphatic heterocycles. The third-order valence-electron chi connectivity index (χ3n) is 3.90. The quantitative estimate of drug-likeness (QED) is 0.781. The molecule has 9 heteroatoms. The minimum atomic E-state index is -4.47.